The molecule has 2 aromatic rings. The summed E-state index contributed by atoms with van der Waals surface area (Å²) in [6, 6.07) is 16.7. The Kier molecular flexibility index (Phi) is 10.8. The number of benzene rings is 2. The molecule has 0 aliphatic carbocycles. The van der Waals surface area contributed by atoms with Crippen molar-refractivity contribution >= 4 is 10.8 Å². The standard InChI is InChI=1S/C10H8.CH4O.CH3.Y/c1-2-6-10-8-4-3-7-9(10)5-1;1-2;;/h1-8H;2H,1H3;1H3;/q;;-1;. The summed E-state index contributed by atoms with van der Waals surface area (Å²) in [5.41, 5.74) is 0. The Morgan fingerprint density at radius 2 is 0.929 bits per heavy atom. The SMILES string of the molecule is CO.[CH3-].[Y].c1ccc2ccccc2c1. The molecule has 2 rings (SSSR count). The Labute approximate surface area is 111 Å². The maximum Gasteiger partial charge on any atom is 0.0319 e. The fourth-order valence-corrected chi connectivity index (χ4v) is 1.13. The molecule has 0 aliphatic rings. The van der Waals surface area contributed by atoms with Crippen molar-refractivity contribution in [2.75, 3.05) is 7.11 Å². The summed E-state index contributed by atoms with van der Waals surface area (Å²) < 4.78 is 0. The van der Waals surface area contributed by atoms with E-state index in [-0.39, 0.29) is 40.1 Å². The first-order valence-corrected chi connectivity index (χ1v) is 3.85. The molecule has 2 heteroatoms. The monoisotopic (exact) mass is 264 g/mol. The molecule has 1 radical (unpaired) electrons. The molecule has 73 valence electrons. The van der Waals surface area contributed by atoms with E-state index >= 15 is 0 Å². The first kappa shape index (κ1) is 16.2. The first-order chi connectivity index (χ1) is 5.97. The van der Waals surface area contributed by atoms with Crippen LogP contribution in [0.5, 0.6) is 0 Å². The molecule has 0 atom stereocenters. The van der Waals surface area contributed by atoms with E-state index in [1.165, 1.54) is 10.8 Å². The van der Waals surface area contributed by atoms with Gasteiger partial charge in [-0.2, -0.15) is 0 Å². The third-order valence-corrected chi connectivity index (χ3v) is 1.66. The largest absolute Gasteiger partial charge is 0.400 e. The van der Waals surface area contributed by atoms with Gasteiger partial charge < -0.3 is 12.5 Å². The quantitative estimate of drug-likeness (QED) is 0.725. The van der Waals surface area contributed by atoms with Gasteiger partial charge in [0.25, 0.3) is 0 Å². The maximum absolute atomic E-state index is 7.00. The summed E-state index contributed by atoms with van der Waals surface area (Å²) in [7, 11) is 1.00. The minimum Gasteiger partial charge on any atom is -0.400 e. The number of fused-ring (bicyclic) bond motifs is 1. The zero-order chi connectivity index (χ0) is 8.81. The topological polar surface area (TPSA) is 20.2 Å². The van der Waals surface area contributed by atoms with Crippen molar-refractivity contribution in [2.45, 2.75) is 0 Å². The molecule has 2 aromatic carbocycles. The Morgan fingerprint density at radius 3 is 1.14 bits per heavy atom. The van der Waals surface area contributed by atoms with Gasteiger partial charge in [0.15, 0.2) is 0 Å². The molecule has 0 bridgehead atoms. The molecular weight excluding hydrogens is 249 g/mol. The smallest absolute Gasteiger partial charge is 0.0319 e. The minimum absolute atomic E-state index is 0. The molecule has 0 heterocycles. The van der Waals surface area contributed by atoms with Crippen molar-refractivity contribution in [2.24, 2.45) is 0 Å². The van der Waals surface area contributed by atoms with Gasteiger partial charge in [0.2, 0.25) is 0 Å². The number of hydrogen-bond acceptors (Lipinski definition) is 1. The van der Waals surface area contributed by atoms with Crippen LogP contribution < -0.4 is 0 Å². The molecule has 0 saturated heterocycles. The van der Waals surface area contributed by atoms with E-state index in [4.69, 9.17) is 5.11 Å². The van der Waals surface area contributed by atoms with Gasteiger partial charge in [0.1, 0.15) is 0 Å². The van der Waals surface area contributed by atoms with Crippen LogP contribution in [-0.4, -0.2) is 12.2 Å². The van der Waals surface area contributed by atoms with Gasteiger partial charge in [-0.15, -0.1) is 0 Å². The van der Waals surface area contributed by atoms with Crippen molar-refractivity contribution in [1.82, 2.24) is 0 Å². The second kappa shape index (κ2) is 9.32. The Morgan fingerprint density at radius 1 is 0.714 bits per heavy atom. The van der Waals surface area contributed by atoms with Gasteiger partial charge in [0.05, 0.1) is 0 Å². The molecule has 14 heavy (non-hydrogen) atoms. The number of hydrogen-bond donors (Lipinski definition) is 1. The summed E-state index contributed by atoms with van der Waals surface area (Å²) in [5.74, 6) is 0. The van der Waals surface area contributed by atoms with Crippen molar-refractivity contribution in [3.8, 4) is 0 Å². The zero-order valence-corrected chi connectivity index (χ0v) is 11.5. The summed E-state index contributed by atoms with van der Waals surface area (Å²) >= 11 is 0. The predicted octanol–water partition coefficient (Wildman–Crippen LogP) is 2.90. The molecule has 0 saturated carbocycles. The summed E-state index contributed by atoms with van der Waals surface area (Å²) in [4.78, 5) is 0. The van der Waals surface area contributed by atoms with Gasteiger partial charge in [-0.25, -0.2) is 0 Å². The Balaban J connectivity index is 0. The molecule has 0 spiro atoms. The molecule has 0 amide bonds. The minimum atomic E-state index is 0. The van der Waals surface area contributed by atoms with E-state index in [2.05, 4.69) is 48.5 Å². The van der Waals surface area contributed by atoms with E-state index in [0.29, 0.717) is 0 Å². The number of aliphatic hydroxyl groups excluding tert-OH is 1. The molecule has 0 aliphatic heterocycles. The van der Waals surface area contributed by atoms with Crippen LogP contribution in [0.2, 0.25) is 0 Å². The van der Waals surface area contributed by atoms with Crippen LogP contribution in [0.25, 0.3) is 10.8 Å². The predicted molar refractivity (Wildman–Crippen MR) is 58.5 cm³/mol. The molecule has 1 N–H and O–H groups in total. The third kappa shape index (κ3) is 4.32. The van der Waals surface area contributed by atoms with E-state index in [1.54, 1.807) is 0 Å². The fourth-order valence-electron chi connectivity index (χ4n) is 1.13. The first-order valence-electron chi connectivity index (χ1n) is 3.85. The average molecular weight is 264 g/mol. The Bertz CT molecular complexity index is 281. The second-order valence-corrected chi connectivity index (χ2v) is 2.35. The van der Waals surface area contributed by atoms with Crippen LogP contribution in [0.3, 0.4) is 0 Å². The van der Waals surface area contributed by atoms with Crippen LogP contribution in [0.4, 0.5) is 0 Å². The van der Waals surface area contributed by atoms with Gasteiger partial charge in [0, 0.05) is 39.8 Å². The van der Waals surface area contributed by atoms with Gasteiger partial charge in [-0.1, -0.05) is 48.5 Å². The summed E-state index contributed by atoms with van der Waals surface area (Å²) in [6.07, 6.45) is 0. The van der Waals surface area contributed by atoms with Crippen molar-refractivity contribution in [3.05, 3.63) is 56.0 Å². The normalized spacial score (nSPS) is 7.57. The molecule has 0 fully saturated rings. The van der Waals surface area contributed by atoms with Crippen LogP contribution in [0, 0.1) is 7.43 Å². The average Bonchev–Trinajstić information content (AvgIpc) is 2.21. The van der Waals surface area contributed by atoms with Crippen molar-refractivity contribution in [3.63, 3.8) is 0 Å². The van der Waals surface area contributed by atoms with Crippen LogP contribution in [-0.2, 0) is 32.7 Å². The van der Waals surface area contributed by atoms with E-state index in [9.17, 15) is 0 Å². The summed E-state index contributed by atoms with van der Waals surface area (Å²) in [5, 5.41) is 9.62. The molecule has 0 unspecified atom stereocenters. The molecule has 0 aromatic heterocycles. The Hall–Kier alpha value is -0.236. The van der Waals surface area contributed by atoms with E-state index in [0.717, 1.165) is 7.11 Å². The number of aliphatic hydroxyl groups is 1. The van der Waals surface area contributed by atoms with Crippen molar-refractivity contribution < 1.29 is 37.8 Å². The van der Waals surface area contributed by atoms with Gasteiger partial charge in [-0.3, -0.25) is 0 Å². The third-order valence-electron chi connectivity index (χ3n) is 1.66. The van der Waals surface area contributed by atoms with E-state index < -0.39 is 0 Å². The maximum atomic E-state index is 7.00. The van der Waals surface area contributed by atoms with Crippen molar-refractivity contribution in [1.29, 1.82) is 0 Å². The molecular formula is C12H15OY-. The summed E-state index contributed by atoms with van der Waals surface area (Å²) in [6.45, 7) is 0. The van der Waals surface area contributed by atoms with Crippen LogP contribution in [0.1, 0.15) is 0 Å². The van der Waals surface area contributed by atoms with E-state index in [1.807, 2.05) is 0 Å². The van der Waals surface area contributed by atoms with Crippen LogP contribution >= 0.6 is 0 Å². The number of rotatable bonds is 0. The zero-order valence-electron chi connectivity index (χ0n) is 8.64. The molecule has 1 nitrogen and oxygen atoms in total. The van der Waals surface area contributed by atoms with Crippen LogP contribution in [0.15, 0.2) is 48.5 Å². The fraction of sp³-hybridized carbons (Fsp3) is 0.0833. The van der Waals surface area contributed by atoms with Gasteiger partial charge in [-0.05, 0) is 10.8 Å². The van der Waals surface area contributed by atoms with Gasteiger partial charge >= 0.3 is 0 Å². The second-order valence-electron chi connectivity index (χ2n) is 2.35.